The summed E-state index contributed by atoms with van der Waals surface area (Å²) in [5.41, 5.74) is 1.81. The van der Waals surface area contributed by atoms with Gasteiger partial charge in [-0.3, -0.25) is 4.79 Å². The molecule has 6 nitrogen and oxygen atoms in total. The summed E-state index contributed by atoms with van der Waals surface area (Å²) in [7, 11) is 0. The number of hydrogen-bond donors (Lipinski definition) is 3. The molecule has 1 unspecified atom stereocenters. The molecule has 0 radical (unpaired) electrons. The molecule has 2 fully saturated rings. The van der Waals surface area contributed by atoms with Crippen LogP contribution in [0.4, 0.5) is 4.39 Å². The van der Waals surface area contributed by atoms with E-state index in [4.69, 9.17) is 0 Å². The van der Waals surface area contributed by atoms with E-state index in [9.17, 15) is 9.18 Å². The van der Waals surface area contributed by atoms with Crippen LogP contribution in [-0.2, 0) is 11.3 Å². The van der Waals surface area contributed by atoms with E-state index in [1.807, 2.05) is 6.20 Å². The molecule has 1 aromatic carbocycles. The number of halogens is 1. The summed E-state index contributed by atoms with van der Waals surface area (Å²) in [6, 6.07) is 6.04. The summed E-state index contributed by atoms with van der Waals surface area (Å²) < 4.78 is 14.7. The molecular weight excluding hydrogens is 321 g/mol. The van der Waals surface area contributed by atoms with E-state index in [1.165, 1.54) is 12.1 Å². The van der Waals surface area contributed by atoms with Crippen LogP contribution in [0.1, 0.15) is 18.4 Å². The van der Waals surface area contributed by atoms with Crippen LogP contribution in [0, 0.1) is 11.2 Å². The summed E-state index contributed by atoms with van der Waals surface area (Å²) in [6.45, 7) is 3.24. The van der Waals surface area contributed by atoms with E-state index in [0.29, 0.717) is 6.54 Å². The quantitative estimate of drug-likeness (QED) is 0.774. The number of piperidine rings is 1. The molecule has 0 aliphatic carbocycles. The van der Waals surface area contributed by atoms with Crippen molar-refractivity contribution in [2.75, 3.05) is 19.6 Å². The fourth-order valence-electron chi connectivity index (χ4n) is 3.85. The van der Waals surface area contributed by atoms with Crippen LogP contribution in [0.3, 0.4) is 0 Å². The average Bonchev–Trinajstić information content (AvgIpc) is 3.21. The second-order valence-electron chi connectivity index (χ2n) is 6.91. The Morgan fingerprint density at radius 1 is 1.28 bits per heavy atom. The second kappa shape index (κ2) is 6.57. The highest BCUT2D eigenvalue weighted by molar-refractivity contribution is 5.85. The number of carbonyl (C=O) groups is 1. The van der Waals surface area contributed by atoms with Crippen LogP contribution < -0.4 is 16.0 Å². The maximum Gasteiger partial charge on any atom is 0.237 e. The molecule has 2 saturated heterocycles. The van der Waals surface area contributed by atoms with E-state index in [-0.39, 0.29) is 23.2 Å². The minimum Gasteiger partial charge on any atom is -0.354 e. The highest BCUT2D eigenvalue weighted by Crippen LogP contribution is 2.35. The van der Waals surface area contributed by atoms with Gasteiger partial charge in [-0.05, 0) is 50.2 Å². The fourth-order valence-corrected chi connectivity index (χ4v) is 3.85. The number of amides is 1. The highest BCUT2D eigenvalue weighted by atomic mass is 19.1. The van der Waals surface area contributed by atoms with Gasteiger partial charge in [0.15, 0.2) is 0 Å². The first-order valence-electron chi connectivity index (χ1n) is 8.68. The lowest BCUT2D eigenvalue weighted by molar-refractivity contribution is -0.122. The van der Waals surface area contributed by atoms with Crippen molar-refractivity contribution in [3.05, 3.63) is 48.0 Å². The molecule has 2 aliphatic rings. The lowest BCUT2D eigenvalue weighted by atomic mass is 9.75. The molecule has 7 heteroatoms. The Bertz CT molecular complexity index is 751. The topological polar surface area (TPSA) is 71.0 Å². The van der Waals surface area contributed by atoms with Crippen molar-refractivity contribution in [1.29, 1.82) is 0 Å². The summed E-state index contributed by atoms with van der Waals surface area (Å²) in [6.07, 6.45) is 5.68. The van der Waals surface area contributed by atoms with E-state index in [1.54, 1.807) is 23.0 Å². The van der Waals surface area contributed by atoms with Crippen LogP contribution in [0.5, 0.6) is 0 Å². The van der Waals surface area contributed by atoms with Crippen molar-refractivity contribution in [3.8, 4) is 5.69 Å². The van der Waals surface area contributed by atoms with Gasteiger partial charge in [-0.25, -0.2) is 9.07 Å². The fraction of sp³-hybridized carbons (Fsp3) is 0.444. The molecule has 132 valence electrons. The maximum absolute atomic E-state index is 13.0. The lowest BCUT2D eigenvalue weighted by Gasteiger charge is -2.37. The molecule has 3 N–H and O–H groups in total. The molecule has 2 aromatic rings. The number of benzene rings is 1. The van der Waals surface area contributed by atoms with Crippen molar-refractivity contribution in [2.45, 2.75) is 25.4 Å². The van der Waals surface area contributed by atoms with Crippen molar-refractivity contribution < 1.29 is 9.18 Å². The zero-order valence-corrected chi connectivity index (χ0v) is 14.0. The zero-order chi connectivity index (χ0) is 17.3. The Hall–Kier alpha value is -2.25. The minimum atomic E-state index is -0.266. The first kappa shape index (κ1) is 16.2. The summed E-state index contributed by atoms with van der Waals surface area (Å²) >= 11 is 0. The number of hydrogen-bond acceptors (Lipinski definition) is 4. The SMILES string of the molecule is O=C1NCC2(CCNCC2)C1NCc1cnn(-c2ccc(F)cc2)c1. The van der Waals surface area contributed by atoms with E-state index < -0.39 is 0 Å². The van der Waals surface area contributed by atoms with Crippen molar-refractivity contribution in [2.24, 2.45) is 5.41 Å². The van der Waals surface area contributed by atoms with E-state index in [0.717, 1.165) is 43.7 Å². The third-order valence-corrected chi connectivity index (χ3v) is 5.33. The van der Waals surface area contributed by atoms with E-state index >= 15 is 0 Å². The lowest BCUT2D eigenvalue weighted by Crippen LogP contribution is -2.51. The molecule has 25 heavy (non-hydrogen) atoms. The van der Waals surface area contributed by atoms with Crippen LogP contribution in [0.2, 0.25) is 0 Å². The summed E-state index contributed by atoms with van der Waals surface area (Å²) in [5, 5.41) is 14.1. The Labute approximate surface area is 145 Å². The molecule has 0 saturated carbocycles. The van der Waals surface area contributed by atoms with Gasteiger partial charge in [0.2, 0.25) is 5.91 Å². The Kier molecular flexibility index (Phi) is 4.27. The summed E-state index contributed by atoms with van der Waals surface area (Å²) in [4.78, 5) is 12.3. The van der Waals surface area contributed by atoms with Crippen molar-refractivity contribution in [3.63, 3.8) is 0 Å². The number of carbonyl (C=O) groups excluding carboxylic acids is 1. The van der Waals surface area contributed by atoms with Crippen LogP contribution in [0.25, 0.3) is 5.69 Å². The van der Waals surface area contributed by atoms with E-state index in [2.05, 4.69) is 21.0 Å². The molecule has 1 aromatic heterocycles. The first-order chi connectivity index (χ1) is 12.2. The largest absolute Gasteiger partial charge is 0.354 e. The van der Waals surface area contributed by atoms with Gasteiger partial charge in [0.25, 0.3) is 0 Å². The maximum atomic E-state index is 13.0. The number of nitrogens with one attached hydrogen (secondary N) is 3. The standard InChI is InChI=1S/C18H22FN5O/c19-14-1-3-15(4-2-14)24-11-13(10-23-24)9-21-16-17(25)22-12-18(16)5-7-20-8-6-18/h1-4,10-11,16,20-21H,5-9,12H2,(H,22,25). The van der Waals surface area contributed by atoms with Crippen molar-refractivity contribution >= 4 is 5.91 Å². The molecule has 0 bridgehead atoms. The molecule has 4 rings (SSSR count). The molecule has 1 spiro atoms. The van der Waals surface area contributed by atoms with Crippen LogP contribution in [0.15, 0.2) is 36.7 Å². The molecule has 2 aliphatic heterocycles. The molecular formula is C18H22FN5O. The number of aromatic nitrogens is 2. The number of rotatable bonds is 4. The zero-order valence-electron chi connectivity index (χ0n) is 14.0. The van der Waals surface area contributed by atoms with Gasteiger partial charge in [0.05, 0.1) is 17.9 Å². The third-order valence-electron chi connectivity index (χ3n) is 5.33. The van der Waals surface area contributed by atoms with Gasteiger partial charge in [-0.15, -0.1) is 0 Å². The smallest absolute Gasteiger partial charge is 0.237 e. The monoisotopic (exact) mass is 343 g/mol. The third kappa shape index (κ3) is 3.17. The molecule has 3 heterocycles. The average molecular weight is 343 g/mol. The molecule has 1 amide bonds. The van der Waals surface area contributed by atoms with Gasteiger partial charge >= 0.3 is 0 Å². The highest BCUT2D eigenvalue weighted by Gasteiger charge is 2.48. The summed E-state index contributed by atoms with van der Waals surface area (Å²) in [5.74, 6) is -0.176. The Morgan fingerprint density at radius 2 is 2.04 bits per heavy atom. The normalized spacial score (nSPS) is 22.3. The Morgan fingerprint density at radius 3 is 2.80 bits per heavy atom. The van der Waals surface area contributed by atoms with Crippen LogP contribution in [-0.4, -0.2) is 41.4 Å². The van der Waals surface area contributed by atoms with Gasteiger partial charge in [-0.1, -0.05) is 0 Å². The Balaban J connectivity index is 1.44. The van der Waals surface area contributed by atoms with Gasteiger partial charge < -0.3 is 16.0 Å². The second-order valence-corrected chi connectivity index (χ2v) is 6.91. The predicted molar refractivity (Wildman–Crippen MR) is 91.7 cm³/mol. The predicted octanol–water partition coefficient (Wildman–Crippen LogP) is 0.969. The minimum absolute atomic E-state index is 0.00921. The molecule has 1 atom stereocenters. The van der Waals surface area contributed by atoms with Gasteiger partial charge in [0.1, 0.15) is 5.82 Å². The van der Waals surface area contributed by atoms with Gasteiger partial charge in [0, 0.05) is 30.3 Å². The van der Waals surface area contributed by atoms with Crippen molar-refractivity contribution in [1.82, 2.24) is 25.7 Å². The first-order valence-corrected chi connectivity index (χ1v) is 8.68. The van der Waals surface area contributed by atoms with Crippen LogP contribution >= 0.6 is 0 Å². The number of nitrogens with zero attached hydrogens (tertiary/aromatic N) is 2. The van der Waals surface area contributed by atoms with Gasteiger partial charge in [-0.2, -0.15) is 5.10 Å².